The van der Waals surface area contributed by atoms with Crippen LogP contribution in [0.4, 0.5) is 10.1 Å². The summed E-state index contributed by atoms with van der Waals surface area (Å²) < 4.78 is 39.4. The summed E-state index contributed by atoms with van der Waals surface area (Å²) in [6.45, 7) is 3.14. The van der Waals surface area contributed by atoms with Gasteiger partial charge < -0.3 is 10.2 Å². The van der Waals surface area contributed by atoms with Gasteiger partial charge in [-0.25, -0.2) is 12.8 Å². The Labute approximate surface area is 153 Å². The zero-order valence-corrected chi connectivity index (χ0v) is 15.8. The first kappa shape index (κ1) is 17.5. The molecule has 0 bridgehead atoms. The van der Waals surface area contributed by atoms with Gasteiger partial charge in [-0.15, -0.1) is 0 Å². The molecule has 0 saturated carbocycles. The molecule has 138 valence electrons. The van der Waals surface area contributed by atoms with Crippen LogP contribution in [-0.4, -0.2) is 34.1 Å². The van der Waals surface area contributed by atoms with E-state index in [0.29, 0.717) is 18.0 Å². The van der Waals surface area contributed by atoms with Gasteiger partial charge in [0.25, 0.3) is 0 Å². The van der Waals surface area contributed by atoms with Crippen molar-refractivity contribution in [1.82, 2.24) is 5.32 Å². The lowest BCUT2D eigenvalue weighted by Crippen LogP contribution is -2.31. The van der Waals surface area contributed by atoms with Crippen LogP contribution in [0.1, 0.15) is 31.2 Å². The number of nitrogens with one attached hydrogen (secondary N) is 1. The maximum Gasteiger partial charge on any atom is 0.206 e. The van der Waals surface area contributed by atoms with Gasteiger partial charge in [0.2, 0.25) is 9.84 Å². The smallest absolute Gasteiger partial charge is 0.206 e. The number of benzene rings is 2. The number of nitrogens with zero attached hydrogens (tertiary/aromatic N) is 1. The number of fused-ring (bicyclic) bond motifs is 3. The van der Waals surface area contributed by atoms with E-state index in [1.807, 2.05) is 6.07 Å². The van der Waals surface area contributed by atoms with E-state index in [0.717, 1.165) is 36.7 Å². The van der Waals surface area contributed by atoms with Crippen molar-refractivity contribution in [3.05, 3.63) is 53.8 Å². The Morgan fingerprint density at radius 3 is 2.69 bits per heavy atom. The minimum Gasteiger partial charge on any atom is -0.371 e. The predicted octanol–water partition coefficient (Wildman–Crippen LogP) is 3.33. The first-order valence-electron chi connectivity index (χ1n) is 8.99. The van der Waals surface area contributed by atoms with E-state index in [2.05, 4.69) is 24.2 Å². The molecular formula is C20H23FN2O2S. The van der Waals surface area contributed by atoms with Crippen LogP contribution in [0.3, 0.4) is 0 Å². The summed E-state index contributed by atoms with van der Waals surface area (Å²) in [4.78, 5) is 2.51. The van der Waals surface area contributed by atoms with Gasteiger partial charge in [-0.05, 0) is 68.3 Å². The highest BCUT2D eigenvalue weighted by atomic mass is 32.2. The van der Waals surface area contributed by atoms with Crippen LogP contribution in [0.25, 0.3) is 0 Å². The highest BCUT2D eigenvalue weighted by Gasteiger charge is 2.39. The monoisotopic (exact) mass is 374 g/mol. The Hall–Kier alpha value is -1.92. The summed E-state index contributed by atoms with van der Waals surface area (Å²) in [5, 5.41) is 3.51. The van der Waals surface area contributed by atoms with E-state index >= 15 is 0 Å². The number of anilines is 1. The van der Waals surface area contributed by atoms with Gasteiger partial charge in [0.15, 0.2) is 0 Å². The summed E-state index contributed by atoms with van der Waals surface area (Å²) in [6.07, 6.45) is 2.01. The van der Waals surface area contributed by atoms with Gasteiger partial charge in [0.05, 0.1) is 9.79 Å². The molecule has 4 nitrogen and oxygen atoms in total. The molecule has 2 aromatic carbocycles. The van der Waals surface area contributed by atoms with Crippen molar-refractivity contribution < 1.29 is 12.8 Å². The number of likely N-dealkylation sites (N-methyl/N-ethyl adjacent to an activating group) is 1. The van der Waals surface area contributed by atoms with E-state index in [4.69, 9.17) is 0 Å². The van der Waals surface area contributed by atoms with E-state index < -0.39 is 15.7 Å². The summed E-state index contributed by atoms with van der Waals surface area (Å²) in [5.74, 6) is -0.238. The highest BCUT2D eigenvalue weighted by molar-refractivity contribution is 7.91. The molecule has 0 amide bonds. The fourth-order valence-corrected chi connectivity index (χ4v) is 5.69. The molecule has 0 aromatic heterocycles. The van der Waals surface area contributed by atoms with Crippen LogP contribution in [0.15, 0.2) is 52.3 Å². The fourth-order valence-electron chi connectivity index (χ4n) is 4.36. The van der Waals surface area contributed by atoms with E-state index in [1.165, 1.54) is 18.2 Å². The average Bonchev–Trinajstić information content (AvgIpc) is 2.76. The standard InChI is InChI=1S/C20H23FN2O2S/c1-13-10-17-18-12-16(26(24,25)15-5-3-4-14(21)11-15)6-7-19(18)23(2)20(17)8-9-22-13/h3-7,11-13,17,20,22H,8-10H2,1-2H3/t13?,17-,20?/m1/s1. The third kappa shape index (κ3) is 2.81. The van der Waals surface area contributed by atoms with Crippen LogP contribution in [0.5, 0.6) is 0 Å². The second-order valence-corrected chi connectivity index (χ2v) is 9.30. The van der Waals surface area contributed by atoms with Crippen LogP contribution in [0, 0.1) is 5.82 Å². The average molecular weight is 374 g/mol. The molecule has 3 atom stereocenters. The van der Waals surface area contributed by atoms with Crippen LogP contribution in [-0.2, 0) is 9.84 Å². The second kappa shape index (κ2) is 6.35. The van der Waals surface area contributed by atoms with Crippen molar-refractivity contribution in [3.63, 3.8) is 0 Å². The maximum atomic E-state index is 13.5. The first-order valence-corrected chi connectivity index (χ1v) is 10.5. The van der Waals surface area contributed by atoms with Gasteiger partial charge in [-0.2, -0.15) is 0 Å². The minimum absolute atomic E-state index is 0.00347. The lowest BCUT2D eigenvalue weighted by atomic mass is 9.89. The van der Waals surface area contributed by atoms with Gasteiger partial charge >= 0.3 is 0 Å². The number of hydrogen-bond acceptors (Lipinski definition) is 4. The minimum atomic E-state index is -3.74. The van der Waals surface area contributed by atoms with Crippen LogP contribution < -0.4 is 10.2 Å². The Morgan fingerprint density at radius 2 is 1.92 bits per heavy atom. The summed E-state index contributed by atoms with van der Waals surface area (Å²) in [5.41, 5.74) is 2.19. The topological polar surface area (TPSA) is 49.4 Å². The third-order valence-electron chi connectivity index (χ3n) is 5.70. The molecule has 6 heteroatoms. The molecule has 1 saturated heterocycles. The third-order valence-corrected chi connectivity index (χ3v) is 7.45. The summed E-state index contributed by atoms with van der Waals surface area (Å²) >= 11 is 0. The van der Waals surface area contributed by atoms with Crippen molar-refractivity contribution in [2.75, 3.05) is 18.5 Å². The van der Waals surface area contributed by atoms with Crippen molar-refractivity contribution in [3.8, 4) is 0 Å². The van der Waals surface area contributed by atoms with E-state index in [-0.39, 0.29) is 9.79 Å². The Balaban J connectivity index is 1.78. The molecule has 0 aliphatic carbocycles. The Kier molecular flexibility index (Phi) is 4.28. The normalized spacial score (nSPS) is 25.5. The molecule has 1 fully saturated rings. The SMILES string of the molecule is CC1C[C@@H]2c3cc(S(=O)(=O)c4cccc(F)c4)ccc3N(C)C2CCN1. The Bertz CT molecular complexity index is 945. The van der Waals surface area contributed by atoms with Gasteiger partial charge in [0.1, 0.15) is 5.82 Å². The Morgan fingerprint density at radius 1 is 1.15 bits per heavy atom. The first-order chi connectivity index (χ1) is 12.4. The molecule has 26 heavy (non-hydrogen) atoms. The molecule has 0 radical (unpaired) electrons. The molecular weight excluding hydrogens is 351 g/mol. The van der Waals surface area contributed by atoms with Gasteiger partial charge in [-0.1, -0.05) is 6.07 Å². The molecule has 0 spiro atoms. The fraction of sp³-hybridized carbons (Fsp3) is 0.400. The van der Waals surface area contributed by atoms with E-state index in [1.54, 1.807) is 12.1 Å². The molecule has 2 heterocycles. The number of halogens is 1. The molecule has 4 rings (SSSR count). The quantitative estimate of drug-likeness (QED) is 0.876. The largest absolute Gasteiger partial charge is 0.371 e. The molecule has 2 aromatic rings. The number of hydrogen-bond donors (Lipinski definition) is 1. The lowest BCUT2D eigenvalue weighted by Gasteiger charge is -2.25. The summed E-state index contributed by atoms with van der Waals surface area (Å²) in [7, 11) is -1.65. The van der Waals surface area contributed by atoms with Crippen molar-refractivity contribution in [2.45, 2.75) is 47.6 Å². The van der Waals surface area contributed by atoms with Gasteiger partial charge in [0, 0.05) is 30.7 Å². The highest BCUT2D eigenvalue weighted by Crippen LogP contribution is 2.45. The second-order valence-electron chi connectivity index (χ2n) is 7.35. The van der Waals surface area contributed by atoms with Crippen molar-refractivity contribution in [2.24, 2.45) is 0 Å². The van der Waals surface area contributed by atoms with Gasteiger partial charge in [-0.3, -0.25) is 0 Å². The molecule has 2 unspecified atom stereocenters. The lowest BCUT2D eigenvalue weighted by molar-refractivity contribution is 0.496. The maximum absolute atomic E-state index is 13.5. The molecule has 2 aliphatic rings. The van der Waals surface area contributed by atoms with Crippen molar-refractivity contribution in [1.29, 1.82) is 0 Å². The molecule has 2 aliphatic heterocycles. The van der Waals surface area contributed by atoms with Crippen LogP contribution >= 0.6 is 0 Å². The summed E-state index contributed by atoms with van der Waals surface area (Å²) in [6, 6.07) is 11.3. The van der Waals surface area contributed by atoms with E-state index in [9.17, 15) is 12.8 Å². The van der Waals surface area contributed by atoms with Crippen LogP contribution in [0.2, 0.25) is 0 Å². The zero-order valence-electron chi connectivity index (χ0n) is 14.9. The van der Waals surface area contributed by atoms with Crippen molar-refractivity contribution >= 4 is 15.5 Å². The number of sulfone groups is 1. The molecule has 1 N–H and O–H groups in total. The number of rotatable bonds is 2. The zero-order chi connectivity index (χ0) is 18.5. The predicted molar refractivity (Wildman–Crippen MR) is 99.9 cm³/mol.